The largest absolute Gasteiger partial charge is 0.325 e. The van der Waals surface area contributed by atoms with Crippen molar-refractivity contribution in [3.05, 3.63) is 80.5 Å². The van der Waals surface area contributed by atoms with E-state index in [1.807, 2.05) is 62.4 Å². The predicted octanol–water partition coefficient (Wildman–Crippen LogP) is 5.67. The van der Waals surface area contributed by atoms with Gasteiger partial charge in [-0.3, -0.25) is 14.2 Å². The van der Waals surface area contributed by atoms with E-state index < -0.39 is 0 Å². The minimum atomic E-state index is -0.124. The lowest BCUT2D eigenvalue weighted by atomic mass is 9.97. The van der Waals surface area contributed by atoms with Crippen LogP contribution in [0.1, 0.15) is 34.4 Å². The molecule has 0 aliphatic heterocycles. The standard InChI is InChI=1S/C26H25N3O2S2/c1-16-10-12-19(13-11-16)29-25(31)23-20-8-3-4-9-21(20)33-24(23)28-26(29)32-15-22(30)27-18-7-5-6-17(2)14-18/h5-7,10-14H,3-4,8-9,15H2,1-2H3,(H,27,30). The van der Waals surface area contributed by atoms with Gasteiger partial charge in [0.2, 0.25) is 5.91 Å². The number of fused-ring (bicyclic) bond motifs is 3. The van der Waals surface area contributed by atoms with Gasteiger partial charge in [-0.15, -0.1) is 11.3 Å². The summed E-state index contributed by atoms with van der Waals surface area (Å²) in [6.45, 7) is 4.01. The van der Waals surface area contributed by atoms with Crippen LogP contribution in [0.2, 0.25) is 0 Å². The van der Waals surface area contributed by atoms with Crippen molar-refractivity contribution >= 4 is 44.9 Å². The summed E-state index contributed by atoms with van der Waals surface area (Å²) in [5.41, 5.74) is 4.89. The van der Waals surface area contributed by atoms with Gasteiger partial charge in [0, 0.05) is 10.6 Å². The topological polar surface area (TPSA) is 64.0 Å². The summed E-state index contributed by atoms with van der Waals surface area (Å²) < 4.78 is 1.67. The lowest BCUT2D eigenvalue weighted by Gasteiger charge is -2.14. The van der Waals surface area contributed by atoms with E-state index in [9.17, 15) is 9.59 Å². The van der Waals surface area contributed by atoms with Crippen LogP contribution in [0.3, 0.4) is 0 Å². The number of amides is 1. The van der Waals surface area contributed by atoms with Gasteiger partial charge in [0.25, 0.3) is 5.56 Å². The molecule has 1 aliphatic carbocycles. The lowest BCUT2D eigenvalue weighted by Crippen LogP contribution is -2.23. The highest BCUT2D eigenvalue weighted by molar-refractivity contribution is 7.99. The number of anilines is 1. The SMILES string of the molecule is Cc1ccc(-n2c(SCC(=O)Nc3cccc(C)c3)nc3sc4c(c3c2=O)CCCC4)cc1. The maximum Gasteiger partial charge on any atom is 0.267 e. The van der Waals surface area contributed by atoms with E-state index in [2.05, 4.69) is 5.32 Å². The Kier molecular flexibility index (Phi) is 6.08. The number of hydrogen-bond acceptors (Lipinski definition) is 5. The van der Waals surface area contributed by atoms with Crippen molar-refractivity contribution in [1.29, 1.82) is 0 Å². The second kappa shape index (κ2) is 9.15. The zero-order valence-electron chi connectivity index (χ0n) is 18.7. The number of thiophene rings is 1. The maximum atomic E-state index is 13.8. The first-order chi connectivity index (χ1) is 16.0. The van der Waals surface area contributed by atoms with Crippen LogP contribution in [0, 0.1) is 13.8 Å². The van der Waals surface area contributed by atoms with Crippen LogP contribution in [0.4, 0.5) is 5.69 Å². The van der Waals surface area contributed by atoms with Crippen LogP contribution in [0.25, 0.3) is 15.9 Å². The second-order valence-electron chi connectivity index (χ2n) is 8.47. The van der Waals surface area contributed by atoms with Crippen molar-refractivity contribution in [2.75, 3.05) is 11.1 Å². The molecule has 7 heteroatoms. The monoisotopic (exact) mass is 475 g/mol. The minimum absolute atomic E-state index is 0.0372. The molecule has 0 atom stereocenters. The number of benzene rings is 2. The van der Waals surface area contributed by atoms with E-state index >= 15 is 0 Å². The first-order valence-corrected chi connectivity index (χ1v) is 12.9. The van der Waals surface area contributed by atoms with E-state index in [4.69, 9.17) is 4.98 Å². The van der Waals surface area contributed by atoms with E-state index in [1.54, 1.807) is 15.9 Å². The van der Waals surface area contributed by atoms with Gasteiger partial charge >= 0.3 is 0 Å². The Morgan fingerprint density at radius 3 is 2.67 bits per heavy atom. The zero-order chi connectivity index (χ0) is 22.9. The number of aromatic nitrogens is 2. The van der Waals surface area contributed by atoms with Crippen molar-refractivity contribution in [3.63, 3.8) is 0 Å². The summed E-state index contributed by atoms with van der Waals surface area (Å²) in [6, 6.07) is 15.6. The molecule has 1 N–H and O–H groups in total. The van der Waals surface area contributed by atoms with Crippen LogP contribution in [-0.2, 0) is 17.6 Å². The molecule has 2 heterocycles. The molecule has 0 fully saturated rings. The molecule has 2 aromatic carbocycles. The average Bonchev–Trinajstić information content (AvgIpc) is 3.17. The molecule has 0 unspecified atom stereocenters. The van der Waals surface area contributed by atoms with Gasteiger partial charge in [-0.1, -0.05) is 41.6 Å². The van der Waals surface area contributed by atoms with Crippen molar-refractivity contribution in [1.82, 2.24) is 9.55 Å². The van der Waals surface area contributed by atoms with Crippen LogP contribution in [0.15, 0.2) is 58.5 Å². The molecule has 1 amide bonds. The number of nitrogens with one attached hydrogen (secondary N) is 1. The minimum Gasteiger partial charge on any atom is -0.325 e. The third kappa shape index (κ3) is 4.48. The number of carbonyl (C=O) groups excluding carboxylic acids is 1. The van der Waals surface area contributed by atoms with Crippen molar-refractivity contribution in [2.45, 2.75) is 44.7 Å². The highest BCUT2D eigenvalue weighted by Crippen LogP contribution is 2.35. The van der Waals surface area contributed by atoms with Crippen molar-refractivity contribution in [3.8, 4) is 5.69 Å². The van der Waals surface area contributed by atoms with Gasteiger partial charge in [0.05, 0.1) is 16.8 Å². The van der Waals surface area contributed by atoms with Crippen LogP contribution < -0.4 is 10.9 Å². The van der Waals surface area contributed by atoms with Crippen LogP contribution in [0.5, 0.6) is 0 Å². The predicted molar refractivity (Wildman–Crippen MR) is 137 cm³/mol. The smallest absolute Gasteiger partial charge is 0.267 e. The van der Waals surface area contributed by atoms with E-state index in [0.717, 1.165) is 58.4 Å². The fourth-order valence-corrected chi connectivity index (χ4v) is 6.37. The molecule has 168 valence electrons. The van der Waals surface area contributed by atoms with E-state index in [1.165, 1.54) is 22.2 Å². The molecule has 2 aromatic heterocycles. The molecule has 5 rings (SSSR count). The molecule has 33 heavy (non-hydrogen) atoms. The number of thioether (sulfide) groups is 1. The normalized spacial score (nSPS) is 13.2. The fourth-order valence-electron chi connectivity index (χ4n) is 4.25. The third-order valence-electron chi connectivity index (χ3n) is 5.88. The van der Waals surface area contributed by atoms with Gasteiger partial charge in [0.1, 0.15) is 4.83 Å². The van der Waals surface area contributed by atoms with Gasteiger partial charge in [-0.05, 0) is 74.9 Å². The molecular weight excluding hydrogens is 450 g/mol. The van der Waals surface area contributed by atoms with Gasteiger partial charge in [-0.2, -0.15) is 0 Å². The second-order valence-corrected chi connectivity index (χ2v) is 10.5. The Hall–Kier alpha value is -2.90. The summed E-state index contributed by atoms with van der Waals surface area (Å²) >= 11 is 2.93. The first kappa shape index (κ1) is 21.9. The van der Waals surface area contributed by atoms with Gasteiger partial charge in [0.15, 0.2) is 5.16 Å². The Balaban J connectivity index is 1.52. The molecular formula is C26H25N3O2S2. The summed E-state index contributed by atoms with van der Waals surface area (Å²) in [5, 5.41) is 4.24. The fraction of sp³-hybridized carbons (Fsp3) is 0.269. The number of aryl methyl sites for hydroxylation is 4. The number of hydrogen-bond donors (Lipinski definition) is 1. The molecule has 1 aliphatic rings. The molecule has 0 saturated heterocycles. The third-order valence-corrected chi connectivity index (χ3v) is 8.01. The summed E-state index contributed by atoms with van der Waals surface area (Å²) in [6.07, 6.45) is 4.22. The molecule has 5 nitrogen and oxygen atoms in total. The van der Waals surface area contributed by atoms with Crippen LogP contribution >= 0.6 is 23.1 Å². The van der Waals surface area contributed by atoms with Gasteiger partial charge in [-0.25, -0.2) is 4.98 Å². The Morgan fingerprint density at radius 2 is 1.88 bits per heavy atom. The van der Waals surface area contributed by atoms with Gasteiger partial charge < -0.3 is 5.32 Å². The maximum absolute atomic E-state index is 13.8. The highest BCUT2D eigenvalue weighted by Gasteiger charge is 2.23. The highest BCUT2D eigenvalue weighted by atomic mass is 32.2. The van der Waals surface area contributed by atoms with Crippen molar-refractivity contribution < 1.29 is 4.79 Å². The molecule has 4 aromatic rings. The first-order valence-electron chi connectivity index (χ1n) is 11.1. The molecule has 0 saturated carbocycles. The van der Waals surface area contributed by atoms with E-state index in [0.29, 0.717) is 5.16 Å². The summed E-state index contributed by atoms with van der Waals surface area (Å²) in [4.78, 5) is 33.4. The van der Waals surface area contributed by atoms with E-state index in [-0.39, 0.29) is 17.2 Å². The van der Waals surface area contributed by atoms with Crippen LogP contribution in [-0.4, -0.2) is 21.2 Å². The number of carbonyl (C=O) groups is 1. The quantitative estimate of drug-likeness (QED) is 0.298. The molecule has 0 spiro atoms. The average molecular weight is 476 g/mol. The Labute approximate surface area is 200 Å². The zero-order valence-corrected chi connectivity index (χ0v) is 20.3. The Morgan fingerprint density at radius 1 is 1.09 bits per heavy atom. The molecule has 0 bridgehead atoms. The lowest BCUT2D eigenvalue weighted by molar-refractivity contribution is -0.113. The molecule has 0 radical (unpaired) electrons. The summed E-state index contributed by atoms with van der Waals surface area (Å²) in [7, 11) is 0. The Bertz CT molecular complexity index is 1400. The summed E-state index contributed by atoms with van der Waals surface area (Å²) in [5.74, 6) is 0.0453. The van der Waals surface area contributed by atoms with Crippen molar-refractivity contribution in [2.24, 2.45) is 0 Å². The number of rotatable bonds is 5. The number of nitrogens with zero attached hydrogens (tertiary/aromatic N) is 2.